The zero-order valence-corrected chi connectivity index (χ0v) is 12.4. The van der Waals surface area contributed by atoms with Crippen LogP contribution in [0.1, 0.15) is 55.2 Å². The first-order valence-corrected chi connectivity index (χ1v) is 7.59. The van der Waals surface area contributed by atoms with E-state index in [2.05, 4.69) is 48.0 Å². The van der Waals surface area contributed by atoms with Gasteiger partial charge in [0, 0.05) is 4.32 Å². The predicted octanol–water partition coefficient (Wildman–Crippen LogP) is 5.04. The highest BCUT2D eigenvalue weighted by Gasteiger charge is 2.48. The van der Waals surface area contributed by atoms with E-state index in [1.807, 2.05) is 0 Å². The summed E-state index contributed by atoms with van der Waals surface area (Å²) in [5, 5.41) is 0. The smallest absolute Gasteiger partial charge is 0.0259 e. The Bertz CT molecular complexity index is 422. The molecule has 3 saturated carbocycles. The van der Waals surface area contributed by atoms with Crippen LogP contribution in [-0.4, -0.2) is 4.32 Å². The van der Waals surface area contributed by atoms with Gasteiger partial charge < -0.3 is 0 Å². The standard InChI is InChI=1S/C16H21Br/c1-12-3-4-13(2)14(11-12)15-5-8-16(17,9-6-15)10-7-15/h3-4,11H,5-10H2,1-2H3. The van der Waals surface area contributed by atoms with Crippen LogP contribution in [0, 0.1) is 13.8 Å². The highest BCUT2D eigenvalue weighted by atomic mass is 79.9. The molecule has 3 fully saturated rings. The first kappa shape index (κ1) is 11.8. The molecule has 92 valence electrons. The van der Waals surface area contributed by atoms with Crippen molar-refractivity contribution in [1.29, 1.82) is 0 Å². The molecule has 17 heavy (non-hydrogen) atoms. The average molecular weight is 293 g/mol. The van der Waals surface area contributed by atoms with Crippen LogP contribution in [-0.2, 0) is 5.41 Å². The summed E-state index contributed by atoms with van der Waals surface area (Å²) in [7, 11) is 0. The van der Waals surface area contributed by atoms with Crippen LogP contribution in [0.3, 0.4) is 0 Å². The van der Waals surface area contributed by atoms with Gasteiger partial charge >= 0.3 is 0 Å². The van der Waals surface area contributed by atoms with E-state index in [0.29, 0.717) is 9.74 Å². The number of rotatable bonds is 1. The molecule has 1 aromatic carbocycles. The van der Waals surface area contributed by atoms with Gasteiger partial charge in [0.1, 0.15) is 0 Å². The van der Waals surface area contributed by atoms with E-state index in [4.69, 9.17) is 0 Å². The number of aryl methyl sites for hydroxylation is 2. The quantitative estimate of drug-likeness (QED) is 0.636. The van der Waals surface area contributed by atoms with E-state index in [1.165, 1.54) is 49.7 Å². The van der Waals surface area contributed by atoms with Crippen molar-refractivity contribution in [2.24, 2.45) is 0 Å². The van der Waals surface area contributed by atoms with E-state index >= 15 is 0 Å². The maximum Gasteiger partial charge on any atom is 0.0259 e. The van der Waals surface area contributed by atoms with E-state index < -0.39 is 0 Å². The third-order valence-electron chi connectivity index (χ3n) is 5.12. The monoisotopic (exact) mass is 292 g/mol. The number of benzene rings is 1. The van der Waals surface area contributed by atoms with Crippen molar-refractivity contribution in [3.63, 3.8) is 0 Å². The van der Waals surface area contributed by atoms with Crippen molar-refractivity contribution in [2.45, 2.75) is 62.1 Å². The molecule has 0 nitrogen and oxygen atoms in total. The molecule has 0 aromatic heterocycles. The third-order valence-corrected chi connectivity index (χ3v) is 6.31. The Labute approximate surface area is 113 Å². The molecule has 1 heteroatoms. The Morgan fingerprint density at radius 3 is 2.12 bits per heavy atom. The number of halogens is 1. The Hall–Kier alpha value is -0.300. The van der Waals surface area contributed by atoms with Crippen LogP contribution < -0.4 is 0 Å². The van der Waals surface area contributed by atoms with Gasteiger partial charge in [0.25, 0.3) is 0 Å². The van der Waals surface area contributed by atoms with Crippen LogP contribution in [0.4, 0.5) is 0 Å². The highest BCUT2D eigenvalue weighted by Crippen LogP contribution is 2.57. The summed E-state index contributed by atoms with van der Waals surface area (Å²) in [5.74, 6) is 0. The van der Waals surface area contributed by atoms with E-state index in [-0.39, 0.29) is 0 Å². The molecule has 0 spiro atoms. The molecule has 0 atom stereocenters. The highest BCUT2D eigenvalue weighted by molar-refractivity contribution is 9.10. The van der Waals surface area contributed by atoms with Gasteiger partial charge in [0.2, 0.25) is 0 Å². The Morgan fingerprint density at radius 1 is 0.941 bits per heavy atom. The van der Waals surface area contributed by atoms with Crippen LogP contribution >= 0.6 is 15.9 Å². The molecule has 0 N–H and O–H groups in total. The van der Waals surface area contributed by atoms with Crippen molar-refractivity contribution >= 4 is 15.9 Å². The van der Waals surface area contributed by atoms with Crippen molar-refractivity contribution in [2.75, 3.05) is 0 Å². The van der Waals surface area contributed by atoms with Crippen LogP contribution in [0.15, 0.2) is 18.2 Å². The Balaban J connectivity index is 2.01. The lowest BCUT2D eigenvalue weighted by molar-refractivity contribution is 0.162. The fourth-order valence-electron chi connectivity index (χ4n) is 3.85. The normalized spacial score (nSPS) is 36.2. The molecule has 0 amide bonds. The summed E-state index contributed by atoms with van der Waals surface area (Å²) in [4.78, 5) is 0. The summed E-state index contributed by atoms with van der Waals surface area (Å²) in [6.07, 6.45) is 8.22. The van der Waals surface area contributed by atoms with Gasteiger partial charge in [-0.25, -0.2) is 0 Å². The number of hydrogen-bond donors (Lipinski definition) is 0. The maximum atomic E-state index is 3.96. The van der Waals surface area contributed by atoms with Gasteiger partial charge in [-0.2, -0.15) is 0 Å². The molecule has 0 heterocycles. The Kier molecular flexibility index (Phi) is 2.66. The molecule has 0 saturated heterocycles. The predicted molar refractivity (Wildman–Crippen MR) is 77.0 cm³/mol. The first-order valence-electron chi connectivity index (χ1n) is 6.80. The van der Waals surface area contributed by atoms with E-state index in [1.54, 1.807) is 5.56 Å². The molecule has 3 aliphatic carbocycles. The summed E-state index contributed by atoms with van der Waals surface area (Å²) >= 11 is 3.96. The zero-order valence-electron chi connectivity index (χ0n) is 10.9. The number of hydrogen-bond acceptors (Lipinski definition) is 0. The fourth-order valence-corrected chi connectivity index (χ4v) is 4.45. The van der Waals surface area contributed by atoms with Gasteiger partial charge in [0.15, 0.2) is 0 Å². The Morgan fingerprint density at radius 2 is 1.53 bits per heavy atom. The zero-order chi connectivity index (χ0) is 12.1. The summed E-state index contributed by atoms with van der Waals surface area (Å²) < 4.78 is 0.493. The van der Waals surface area contributed by atoms with Gasteiger partial charge in [-0.3, -0.25) is 0 Å². The van der Waals surface area contributed by atoms with Crippen molar-refractivity contribution < 1.29 is 0 Å². The van der Waals surface area contributed by atoms with Gasteiger partial charge in [-0.1, -0.05) is 39.7 Å². The van der Waals surface area contributed by atoms with E-state index in [0.717, 1.165) is 0 Å². The second-order valence-electron chi connectivity index (χ2n) is 6.25. The largest absolute Gasteiger partial charge is 0.0853 e. The summed E-state index contributed by atoms with van der Waals surface area (Å²) in [6, 6.07) is 7.00. The molecule has 2 bridgehead atoms. The third kappa shape index (κ3) is 1.87. The molecule has 0 aliphatic heterocycles. The van der Waals surface area contributed by atoms with Crippen LogP contribution in [0.2, 0.25) is 0 Å². The SMILES string of the molecule is Cc1ccc(C)c(C23CCC(Br)(CC2)CC3)c1. The van der Waals surface area contributed by atoms with Gasteiger partial charge in [0.05, 0.1) is 0 Å². The van der Waals surface area contributed by atoms with Crippen LogP contribution in [0.5, 0.6) is 0 Å². The summed E-state index contributed by atoms with van der Waals surface area (Å²) in [5.41, 5.74) is 5.07. The van der Waals surface area contributed by atoms with Crippen molar-refractivity contribution in [3.8, 4) is 0 Å². The number of alkyl halides is 1. The minimum absolute atomic E-state index is 0.493. The topological polar surface area (TPSA) is 0 Å². The summed E-state index contributed by atoms with van der Waals surface area (Å²) in [6.45, 7) is 4.51. The second kappa shape index (κ2) is 3.85. The van der Waals surface area contributed by atoms with Crippen molar-refractivity contribution in [1.82, 2.24) is 0 Å². The lowest BCUT2D eigenvalue weighted by atomic mass is 9.57. The molecule has 0 unspecified atom stereocenters. The minimum Gasteiger partial charge on any atom is -0.0853 e. The first-order chi connectivity index (χ1) is 8.03. The fraction of sp³-hybridized carbons (Fsp3) is 0.625. The lowest BCUT2D eigenvalue weighted by Gasteiger charge is -2.52. The van der Waals surface area contributed by atoms with E-state index in [9.17, 15) is 0 Å². The average Bonchev–Trinajstić information content (AvgIpc) is 2.34. The maximum absolute atomic E-state index is 3.96. The van der Waals surface area contributed by atoms with Gasteiger partial charge in [-0.05, 0) is 68.9 Å². The lowest BCUT2D eigenvalue weighted by Crippen LogP contribution is -2.45. The number of fused-ring (bicyclic) bond motifs is 3. The minimum atomic E-state index is 0.493. The molecular formula is C16H21Br. The molecule has 0 radical (unpaired) electrons. The molecular weight excluding hydrogens is 272 g/mol. The van der Waals surface area contributed by atoms with Crippen molar-refractivity contribution in [3.05, 3.63) is 34.9 Å². The molecule has 1 aromatic rings. The van der Waals surface area contributed by atoms with Gasteiger partial charge in [-0.15, -0.1) is 0 Å². The molecule has 3 aliphatic rings. The molecule has 4 rings (SSSR count). The van der Waals surface area contributed by atoms with Crippen LogP contribution in [0.25, 0.3) is 0 Å². The second-order valence-corrected chi connectivity index (χ2v) is 7.93.